The van der Waals surface area contributed by atoms with Crippen molar-refractivity contribution in [2.75, 3.05) is 25.4 Å². The van der Waals surface area contributed by atoms with Gasteiger partial charge in [0.15, 0.2) is 0 Å². The number of nitrogens with two attached hydrogens (primary N) is 1. The van der Waals surface area contributed by atoms with Gasteiger partial charge in [0.25, 0.3) is 5.91 Å². The first-order valence-electron chi connectivity index (χ1n) is 5.86. The predicted molar refractivity (Wildman–Crippen MR) is 66.9 cm³/mol. The molecule has 18 heavy (non-hydrogen) atoms. The number of nitrogens with one attached hydrogen (secondary N) is 1. The van der Waals surface area contributed by atoms with Gasteiger partial charge in [0.05, 0.1) is 23.1 Å². The molecule has 0 radical (unpaired) electrons. The molecule has 0 unspecified atom stereocenters. The van der Waals surface area contributed by atoms with Crippen LogP contribution >= 0.6 is 0 Å². The molecule has 2 heterocycles. The Kier molecular flexibility index (Phi) is 3.45. The summed E-state index contributed by atoms with van der Waals surface area (Å²) in [5.74, 6) is -0.142. The Labute approximate surface area is 105 Å². The summed E-state index contributed by atoms with van der Waals surface area (Å²) in [4.78, 5) is 29.3. The molecule has 1 aromatic rings. The molecule has 1 fully saturated rings. The molecule has 6 nitrogen and oxygen atoms in total. The number of rotatable bonds is 1. The molecule has 3 N–H and O–H groups in total. The van der Waals surface area contributed by atoms with E-state index in [1.165, 1.54) is 6.20 Å². The fourth-order valence-corrected chi connectivity index (χ4v) is 1.91. The number of aromatic nitrogens is 1. The Morgan fingerprint density at radius 1 is 1.50 bits per heavy atom. The first kappa shape index (κ1) is 12.3. The van der Waals surface area contributed by atoms with Crippen LogP contribution in [0.5, 0.6) is 0 Å². The second-order valence-corrected chi connectivity index (χ2v) is 4.29. The summed E-state index contributed by atoms with van der Waals surface area (Å²) >= 11 is 0. The Bertz CT molecular complexity index is 487. The van der Waals surface area contributed by atoms with Crippen LogP contribution in [0.4, 0.5) is 5.69 Å². The highest BCUT2D eigenvalue weighted by Gasteiger charge is 2.21. The molecular weight excluding hydrogens is 232 g/mol. The Morgan fingerprint density at radius 2 is 2.28 bits per heavy atom. The van der Waals surface area contributed by atoms with Crippen LogP contribution in [0.2, 0.25) is 0 Å². The summed E-state index contributed by atoms with van der Waals surface area (Å²) in [6.07, 6.45) is 1.86. The molecule has 0 aliphatic carbocycles. The van der Waals surface area contributed by atoms with Gasteiger partial charge in [-0.2, -0.15) is 0 Å². The number of hydrogen-bond donors (Lipinski definition) is 2. The van der Waals surface area contributed by atoms with Crippen molar-refractivity contribution in [1.29, 1.82) is 0 Å². The lowest BCUT2D eigenvalue weighted by molar-refractivity contribution is -0.120. The maximum atomic E-state index is 12.3. The van der Waals surface area contributed by atoms with E-state index in [1.54, 1.807) is 17.9 Å². The molecule has 6 heteroatoms. The number of nitrogen functional groups attached to an aromatic ring is 1. The summed E-state index contributed by atoms with van der Waals surface area (Å²) in [6.45, 7) is 3.20. The van der Waals surface area contributed by atoms with Crippen LogP contribution < -0.4 is 11.1 Å². The van der Waals surface area contributed by atoms with E-state index in [0.717, 1.165) is 0 Å². The molecule has 0 atom stereocenters. The number of hydrogen-bond acceptors (Lipinski definition) is 4. The second-order valence-electron chi connectivity index (χ2n) is 4.29. The molecular formula is C12H16N4O2. The van der Waals surface area contributed by atoms with Gasteiger partial charge in [0.2, 0.25) is 5.91 Å². The molecule has 2 amide bonds. The van der Waals surface area contributed by atoms with Crippen molar-refractivity contribution in [3.63, 3.8) is 0 Å². The molecule has 1 aromatic heterocycles. The lowest BCUT2D eigenvalue weighted by atomic mass is 10.1. The normalized spacial score (nSPS) is 16.1. The van der Waals surface area contributed by atoms with Gasteiger partial charge in [-0.05, 0) is 13.0 Å². The highest BCUT2D eigenvalue weighted by atomic mass is 16.2. The molecule has 1 aliphatic heterocycles. The lowest BCUT2D eigenvalue weighted by Gasteiger charge is -2.20. The third-order valence-electron chi connectivity index (χ3n) is 2.94. The molecule has 2 rings (SSSR count). The number of carbonyl (C=O) groups excluding carboxylic acids is 2. The van der Waals surface area contributed by atoms with E-state index in [1.807, 2.05) is 0 Å². The maximum Gasteiger partial charge on any atom is 0.255 e. The molecule has 0 bridgehead atoms. The van der Waals surface area contributed by atoms with Gasteiger partial charge in [0, 0.05) is 26.1 Å². The van der Waals surface area contributed by atoms with Crippen molar-refractivity contribution >= 4 is 17.5 Å². The van der Waals surface area contributed by atoms with Crippen LogP contribution in [-0.4, -0.2) is 41.3 Å². The predicted octanol–water partition coefficient (Wildman–Crippen LogP) is -0.0657. The van der Waals surface area contributed by atoms with E-state index < -0.39 is 0 Å². The Balaban J connectivity index is 2.19. The van der Waals surface area contributed by atoms with Crippen molar-refractivity contribution < 1.29 is 9.59 Å². The third kappa shape index (κ3) is 2.58. The molecule has 0 aromatic carbocycles. The fraction of sp³-hybridized carbons (Fsp3) is 0.417. The van der Waals surface area contributed by atoms with Gasteiger partial charge in [-0.15, -0.1) is 0 Å². The van der Waals surface area contributed by atoms with E-state index in [4.69, 9.17) is 5.73 Å². The van der Waals surface area contributed by atoms with Gasteiger partial charge in [-0.25, -0.2) is 0 Å². The van der Waals surface area contributed by atoms with Gasteiger partial charge < -0.3 is 16.0 Å². The largest absolute Gasteiger partial charge is 0.397 e. The minimum absolute atomic E-state index is 0.0206. The smallest absolute Gasteiger partial charge is 0.255 e. The quantitative estimate of drug-likeness (QED) is 0.728. The van der Waals surface area contributed by atoms with Gasteiger partial charge >= 0.3 is 0 Å². The van der Waals surface area contributed by atoms with Crippen LogP contribution in [0.3, 0.4) is 0 Å². The first-order valence-corrected chi connectivity index (χ1v) is 5.86. The summed E-state index contributed by atoms with van der Waals surface area (Å²) in [5, 5.41) is 2.73. The number of anilines is 1. The Hall–Kier alpha value is -2.11. The molecule has 96 valence electrons. The number of carbonyl (C=O) groups is 2. The van der Waals surface area contributed by atoms with Gasteiger partial charge in [-0.1, -0.05) is 0 Å². The topological polar surface area (TPSA) is 88.3 Å². The summed E-state index contributed by atoms with van der Waals surface area (Å²) in [6, 6.07) is 1.63. The van der Waals surface area contributed by atoms with Crippen LogP contribution in [0, 0.1) is 6.92 Å². The standard InChI is InChI=1S/C12H16N4O2/c1-8-10(6-9(13)7-15-8)12(18)16-4-2-11(17)14-3-5-16/h6-7H,2-5,13H2,1H3,(H,14,17). The van der Waals surface area contributed by atoms with Crippen molar-refractivity contribution in [3.8, 4) is 0 Å². The maximum absolute atomic E-state index is 12.3. The molecule has 1 aliphatic rings. The van der Waals surface area contributed by atoms with E-state index in [-0.39, 0.29) is 11.8 Å². The monoisotopic (exact) mass is 248 g/mol. The van der Waals surface area contributed by atoms with Crippen LogP contribution in [0.1, 0.15) is 22.5 Å². The SMILES string of the molecule is Cc1ncc(N)cc1C(=O)N1CCNC(=O)CC1. The summed E-state index contributed by atoms with van der Waals surface area (Å²) in [7, 11) is 0. The minimum Gasteiger partial charge on any atom is -0.397 e. The summed E-state index contributed by atoms with van der Waals surface area (Å²) in [5.41, 5.74) is 7.27. The first-order chi connectivity index (χ1) is 8.58. The number of pyridine rings is 1. The van der Waals surface area contributed by atoms with E-state index in [2.05, 4.69) is 10.3 Å². The van der Waals surface area contributed by atoms with Gasteiger partial charge in [-0.3, -0.25) is 14.6 Å². The van der Waals surface area contributed by atoms with E-state index in [9.17, 15) is 9.59 Å². The van der Waals surface area contributed by atoms with E-state index in [0.29, 0.717) is 43.0 Å². The summed E-state index contributed by atoms with van der Waals surface area (Å²) < 4.78 is 0. The van der Waals surface area contributed by atoms with Crippen LogP contribution in [-0.2, 0) is 4.79 Å². The highest BCUT2D eigenvalue weighted by molar-refractivity contribution is 5.96. The number of aryl methyl sites for hydroxylation is 1. The average molecular weight is 248 g/mol. The van der Waals surface area contributed by atoms with E-state index >= 15 is 0 Å². The third-order valence-corrected chi connectivity index (χ3v) is 2.94. The molecule has 1 saturated heterocycles. The van der Waals surface area contributed by atoms with Crippen LogP contribution in [0.25, 0.3) is 0 Å². The van der Waals surface area contributed by atoms with Crippen molar-refractivity contribution in [3.05, 3.63) is 23.5 Å². The fourth-order valence-electron chi connectivity index (χ4n) is 1.91. The average Bonchev–Trinajstić information content (AvgIpc) is 2.56. The van der Waals surface area contributed by atoms with Crippen molar-refractivity contribution in [1.82, 2.24) is 15.2 Å². The minimum atomic E-state index is -0.121. The van der Waals surface area contributed by atoms with Crippen molar-refractivity contribution in [2.24, 2.45) is 0 Å². The van der Waals surface area contributed by atoms with Gasteiger partial charge in [0.1, 0.15) is 0 Å². The number of amides is 2. The lowest BCUT2D eigenvalue weighted by Crippen LogP contribution is -2.34. The Morgan fingerprint density at radius 3 is 3.06 bits per heavy atom. The number of nitrogens with zero attached hydrogens (tertiary/aromatic N) is 2. The molecule has 0 saturated carbocycles. The molecule has 0 spiro atoms. The zero-order chi connectivity index (χ0) is 13.1. The van der Waals surface area contributed by atoms with Crippen molar-refractivity contribution in [2.45, 2.75) is 13.3 Å². The van der Waals surface area contributed by atoms with Crippen LogP contribution in [0.15, 0.2) is 12.3 Å². The zero-order valence-electron chi connectivity index (χ0n) is 10.3. The zero-order valence-corrected chi connectivity index (χ0v) is 10.3. The highest BCUT2D eigenvalue weighted by Crippen LogP contribution is 2.13. The second kappa shape index (κ2) is 5.03.